The van der Waals surface area contributed by atoms with Crippen LogP contribution < -0.4 is 5.43 Å². The minimum absolute atomic E-state index is 0.510. The van der Waals surface area contributed by atoms with E-state index in [1.165, 1.54) is 23.5 Å². The first kappa shape index (κ1) is 12.6. The van der Waals surface area contributed by atoms with E-state index in [2.05, 4.69) is 10.5 Å². The molecule has 0 atom stereocenters. The summed E-state index contributed by atoms with van der Waals surface area (Å²) in [6, 6.07) is 8.50. The standard InChI is InChI=1S/C12H9F3N2S/c13-12(14,15)9-3-5-10(6-4-9)17-16-8-11-2-1-7-18-11/h1-8,17H. The van der Waals surface area contributed by atoms with Crippen LogP contribution >= 0.6 is 11.3 Å². The van der Waals surface area contributed by atoms with Gasteiger partial charge in [-0.1, -0.05) is 6.07 Å². The molecule has 94 valence electrons. The number of nitrogens with one attached hydrogen (secondary N) is 1. The number of nitrogens with zero attached hydrogens (tertiary/aromatic N) is 1. The van der Waals surface area contributed by atoms with Crippen LogP contribution in [0.3, 0.4) is 0 Å². The van der Waals surface area contributed by atoms with Crippen LogP contribution in [0.2, 0.25) is 0 Å². The molecule has 0 saturated carbocycles. The van der Waals surface area contributed by atoms with Gasteiger partial charge in [-0.2, -0.15) is 18.3 Å². The summed E-state index contributed by atoms with van der Waals surface area (Å²) >= 11 is 1.53. The van der Waals surface area contributed by atoms with Crippen molar-refractivity contribution in [2.24, 2.45) is 5.10 Å². The van der Waals surface area contributed by atoms with Gasteiger partial charge in [0.1, 0.15) is 0 Å². The molecule has 0 radical (unpaired) electrons. The average Bonchev–Trinajstić information content (AvgIpc) is 2.82. The van der Waals surface area contributed by atoms with Crippen molar-refractivity contribution >= 4 is 23.2 Å². The minimum Gasteiger partial charge on any atom is -0.278 e. The van der Waals surface area contributed by atoms with Crippen molar-refractivity contribution in [3.8, 4) is 0 Å². The van der Waals surface area contributed by atoms with Crippen molar-refractivity contribution in [2.75, 3.05) is 5.43 Å². The fraction of sp³-hybridized carbons (Fsp3) is 0.0833. The van der Waals surface area contributed by atoms with Crippen molar-refractivity contribution in [3.05, 3.63) is 52.2 Å². The van der Waals surface area contributed by atoms with Gasteiger partial charge in [0, 0.05) is 4.88 Å². The lowest BCUT2D eigenvalue weighted by atomic mass is 10.2. The Morgan fingerprint density at radius 3 is 2.39 bits per heavy atom. The molecule has 1 heterocycles. The Hall–Kier alpha value is -1.82. The lowest BCUT2D eigenvalue weighted by molar-refractivity contribution is -0.137. The molecule has 2 rings (SSSR count). The first-order valence-electron chi connectivity index (χ1n) is 5.05. The molecule has 18 heavy (non-hydrogen) atoms. The third-order valence-corrected chi connectivity index (χ3v) is 2.95. The molecule has 2 aromatic rings. The van der Waals surface area contributed by atoms with Crippen molar-refractivity contribution in [1.82, 2.24) is 0 Å². The fourth-order valence-corrected chi connectivity index (χ4v) is 1.85. The third kappa shape index (κ3) is 3.33. The van der Waals surface area contributed by atoms with Gasteiger partial charge in [-0.25, -0.2) is 0 Å². The second-order valence-electron chi connectivity index (χ2n) is 3.46. The highest BCUT2D eigenvalue weighted by atomic mass is 32.1. The Bertz CT molecular complexity index is 515. The highest BCUT2D eigenvalue weighted by Gasteiger charge is 2.29. The Morgan fingerprint density at radius 1 is 1.11 bits per heavy atom. The first-order chi connectivity index (χ1) is 8.55. The van der Waals surface area contributed by atoms with Gasteiger partial charge in [-0.15, -0.1) is 11.3 Å². The molecule has 6 heteroatoms. The lowest BCUT2D eigenvalue weighted by Gasteiger charge is -2.06. The second kappa shape index (κ2) is 5.22. The number of anilines is 1. The van der Waals surface area contributed by atoms with Crippen LogP contribution in [0.5, 0.6) is 0 Å². The lowest BCUT2D eigenvalue weighted by Crippen LogP contribution is -2.04. The van der Waals surface area contributed by atoms with Crippen molar-refractivity contribution in [2.45, 2.75) is 6.18 Å². The van der Waals surface area contributed by atoms with Gasteiger partial charge in [0.2, 0.25) is 0 Å². The summed E-state index contributed by atoms with van der Waals surface area (Å²) in [5, 5.41) is 5.85. The van der Waals surface area contributed by atoms with Gasteiger partial charge in [-0.05, 0) is 35.7 Å². The van der Waals surface area contributed by atoms with E-state index >= 15 is 0 Å². The first-order valence-corrected chi connectivity index (χ1v) is 5.93. The molecule has 0 spiro atoms. The quantitative estimate of drug-likeness (QED) is 0.655. The van der Waals surface area contributed by atoms with Crippen LogP contribution in [0.15, 0.2) is 46.9 Å². The molecular formula is C12H9F3N2S. The Kier molecular flexibility index (Phi) is 3.66. The molecular weight excluding hydrogens is 261 g/mol. The molecule has 1 aromatic heterocycles. The topological polar surface area (TPSA) is 24.4 Å². The van der Waals surface area contributed by atoms with E-state index in [0.717, 1.165) is 17.0 Å². The summed E-state index contributed by atoms with van der Waals surface area (Å²) in [5.74, 6) is 0. The van der Waals surface area contributed by atoms with E-state index in [4.69, 9.17) is 0 Å². The van der Waals surface area contributed by atoms with Gasteiger partial charge in [0.25, 0.3) is 0 Å². The SMILES string of the molecule is FC(F)(F)c1ccc(NN=Cc2cccs2)cc1. The zero-order valence-corrected chi connectivity index (χ0v) is 9.92. The van der Waals surface area contributed by atoms with Crippen molar-refractivity contribution in [1.29, 1.82) is 0 Å². The third-order valence-electron chi connectivity index (χ3n) is 2.14. The number of rotatable bonds is 3. The summed E-state index contributed by atoms with van der Waals surface area (Å²) in [6.07, 6.45) is -2.69. The molecule has 0 unspecified atom stereocenters. The highest BCUT2D eigenvalue weighted by Crippen LogP contribution is 2.29. The normalized spacial score (nSPS) is 11.9. The largest absolute Gasteiger partial charge is 0.416 e. The maximum atomic E-state index is 12.3. The smallest absolute Gasteiger partial charge is 0.278 e. The molecule has 1 N–H and O–H groups in total. The summed E-state index contributed by atoms with van der Waals surface area (Å²) in [6.45, 7) is 0. The van der Waals surface area contributed by atoms with Crippen LogP contribution in [-0.4, -0.2) is 6.21 Å². The van der Waals surface area contributed by atoms with E-state index in [-0.39, 0.29) is 0 Å². The zero-order chi connectivity index (χ0) is 13.0. The average molecular weight is 270 g/mol. The van der Waals surface area contributed by atoms with Gasteiger partial charge < -0.3 is 0 Å². The second-order valence-corrected chi connectivity index (χ2v) is 4.44. The van der Waals surface area contributed by atoms with Crippen LogP contribution in [0.25, 0.3) is 0 Å². The highest BCUT2D eigenvalue weighted by molar-refractivity contribution is 7.11. The van der Waals surface area contributed by atoms with Crippen LogP contribution in [0, 0.1) is 0 Å². The zero-order valence-electron chi connectivity index (χ0n) is 9.11. The molecule has 0 aliphatic carbocycles. The Labute approximate surface area is 106 Å². The van der Waals surface area contributed by atoms with Gasteiger partial charge in [-0.3, -0.25) is 5.43 Å². The van der Waals surface area contributed by atoms with Gasteiger partial charge in [0.05, 0.1) is 17.5 Å². The van der Waals surface area contributed by atoms with Crippen LogP contribution in [0.1, 0.15) is 10.4 Å². The number of halogens is 3. The predicted molar refractivity (Wildman–Crippen MR) is 67.0 cm³/mol. The maximum Gasteiger partial charge on any atom is 0.416 e. The van der Waals surface area contributed by atoms with E-state index < -0.39 is 11.7 Å². The molecule has 0 fully saturated rings. The summed E-state index contributed by atoms with van der Waals surface area (Å²) in [4.78, 5) is 0.967. The Morgan fingerprint density at radius 2 is 1.83 bits per heavy atom. The molecule has 2 nitrogen and oxygen atoms in total. The molecule has 0 aliphatic rings. The van der Waals surface area contributed by atoms with Crippen molar-refractivity contribution < 1.29 is 13.2 Å². The number of hydrogen-bond acceptors (Lipinski definition) is 3. The van der Waals surface area contributed by atoms with Gasteiger partial charge in [0.15, 0.2) is 0 Å². The molecule has 0 amide bonds. The van der Waals surface area contributed by atoms with Crippen molar-refractivity contribution in [3.63, 3.8) is 0 Å². The maximum absolute atomic E-state index is 12.3. The summed E-state index contributed by atoms with van der Waals surface area (Å²) in [5.41, 5.74) is 2.51. The number of hydrazone groups is 1. The van der Waals surface area contributed by atoms with E-state index in [9.17, 15) is 13.2 Å². The van der Waals surface area contributed by atoms with E-state index in [1.54, 1.807) is 6.21 Å². The monoisotopic (exact) mass is 270 g/mol. The summed E-state index contributed by atoms with van der Waals surface area (Å²) in [7, 11) is 0. The number of hydrogen-bond donors (Lipinski definition) is 1. The number of thiophene rings is 1. The number of benzene rings is 1. The minimum atomic E-state index is -4.31. The molecule has 0 aliphatic heterocycles. The molecule has 0 saturated heterocycles. The van der Waals surface area contributed by atoms with Crippen LogP contribution in [0.4, 0.5) is 18.9 Å². The van der Waals surface area contributed by atoms with E-state index in [1.807, 2.05) is 17.5 Å². The Balaban J connectivity index is 1.99. The molecule has 0 bridgehead atoms. The van der Waals surface area contributed by atoms with E-state index in [0.29, 0.717) is 5.69 Å². The predicted octanol–water partition coefficient (Wildman–Crippen LogP) is 4.21. The fourth-order valence-electron chi connectivity index (χ4n) is 1.27. The molecule has 1 aromatic carbocycles. The number of alkyl halides is 3. The van der Waals surface area contributed by atoms with Gasteiger partial charge >= 0.3 is 6.18 Å². The summed E-state index contributed by atoms with van der Waals surface area (Å²) < 4.78 is 36.9. The van der Waals surface area contributed by atoms with Crippen LogP contribution in [-0.2, 0) is 6.18 Å².